The summed E-state index contributed by atoms with van der Waals surface area (Å²) in [5.41, 5.74) is 0.801. The Bertz CT molecular complexity index is 223. The normalized spacial score (nSPS) is 21.6. The highest BCUT2D eigenvalue weighted by Gasteiger charge is 2.41. The molecule has 0 bridgehead atoms. The Morgan fingerprint density at radius 2 is 2.08 bits per heavy atom. The second kappa shape index (κ2) is 3.47. The van der Waals surface area contributed by atoms with Crippen LogP contribution < -0.4 is 5.32 Å². The van der Waals surface area contributed by atoms with E-state index < -0.39 is 5.12 Å². The van der Waals surface area contributed by atoms with E-state index in [2.05, 4.69) is 5.32 Å². The van der Waals surface area contributed by atoms with Crippen molar-refractivity contribution in [2.45, 2.75) is 12.0 Å². The van der Waals surface area contributed by atoms with Crippen molar-refractivity contribution in [3.05, 3.63) is 11.1 Å². The van der Waals surface area contributed by atoms with Gasteiger partial charge in [-0.05, 0) is 12.3 Å². The molecule has 0 spiro atoms. The Labute approximate surface area is 75.3 Å². The number of hydrogen-bond acceptors (Lipinski definition) is 4. The van der Waals surface area contributed by atoms with Gasteiger partial charge in [0.15, 0.2) is 0 Å². The van der Waals surface area contributed by atoms with Crippen LogP contribution in [-0.2, 0) is 14.3 Å². The topological polar surface area (TPSA) is 47.6 Å². The number of carbonyl (C=O) groups excluding carboxylic acids is 1. The maximum Gasteiger partial charge on any atom is 0.304 e. The Morgan fingerprint density at radius 1 is 1.50 bits per heavy atom. The summed E-state index contributed by atoms with van der Waals surface area (Å²) in [4.78, 5) is 11.4. The highest BCUT2D eigenvalue weighted by atomic mass is 32.2. The molecule has 0 aliphatic carbocycles. The molecule has 0 aromatic heterocycles. The maximum absolute atomic E-state index is 11.4. The van der Waals surface area contributed by atoms with Crippen molar-refractivity contribution in [1.29, 1.82) is 0 Å². The van der Waals surface area contributed by atoms with E-state index in [1.807, 2.05) is 0 Å². The first-order valence-corrected chi connectivity index (χ1v) is 4.29. The molecule has 1 aliphatic heterocycles. The maximum atomic E-state index is 11.4. The second-order valence-corrected chi connectivity index (χ2v) is 3.35. The van der Waals surface area contributed by atoms with Crippen molar-refractivity contribution in [3.63, 3.8) is 0 Å². The molecule has 0 aromatic rings. The van der Waals surface area contributed by atoms with Crippen LogP contribution in [0.5, 0.6) is 0 Å². The first kappa shape index (κ1) is 9.57. The first-order chi connectivity index (χ1) is 5.64. The van der Waals surface area contributed by atoms with E-state index in [-0.39, 0.29) is 5.91 Å². The summed E-state index contributed by atoms with van der Waals surface area (Å²) in [6.07, 6.45) is 0. The van der Waals surface area contributed by atoms with Gasteiger partial charge < -0.3 is 14.8 Å². The van der Waals surface area contributed by atoms with E-state index in [1.54, 1.807) is 12.3 Å². The Kier molecular flexibility index (Phi) is 2.76. The molecule has 68 valence electrons. The summed E-state index contributed by atoms with van der Waals surface area (Å²) in [6, 6.07) is 0. The monoisotopic (exact) mass is 189 g/mol. The Hall–Kier alpha value is -0.520. The number of methoxy groups -OCH3 is 2. The third-order valence-electron chi connectivity index (χ3n) is 1.52. The lowest BCUT2D eigenvalue weighted by Gasteiger charge is -2.30. The minimum Gasteiger partial charge on any atom is -0.337 e. The molecule has 0 saturated carbocycles. The highest BCUT2D eigenvalue weighted by molar-refractivity contribution is 8.04. The van der Waals surface area contributed by atoms with Crippen molar-refractivity contribution in [3.8, 4) is 0 Å². The van der Waals surface area contributed by atoms with Crippen molar-refractivity contribution in [2.75, 3.05) is 14.2 Å². The van der Waals surface area contributed by atoms with Gasteiger partial charge in [0, 0.05) is 19.9 Å². The minimum absolute atomic E-state index is 0.280. The lowest BCUT2D eigenvalue weighted by atomic mass is 10.4. The molecule has 4 nitrogen and oxygen atoms in total. The van der Waals surface area contributed by atoms with Gasteiger partial charge in [-0.3, -0.25) is 4.79 Å². The zero-order valence-electron chi connectivity index (χ0n) is 7.21. The smallest absolute Gasteiger partial charge is 0.304 e. The lowest BCUT2D eigenvalue weighted by Crippen LogP contribution is -2.48. The van der Waals surface area contributed by atoms with E-state index in [4.69, 9.17) is 9.47 Å². The zero-order valence-corrected chi connectivity index (χ0v) is 8.03. The Balaban J connectivity index is 2.85. The SMILES string of the molecule is COC1(OC)SC=C(C)NC1=O. The number of ether oxygens (including phenoxy) is 2. The molecule has 0 radical (unpaired) electrons. The molecule has 12 heavy (non-hydrogen) atoms. The van der Waals surface area contributed by atoms with Crippen LogP contribution >= 0.6 is 11.8 Å². The number of allylic oxidation sites excluding steroid dienone is 1. The molecule has 1 aliphatic rings. The molecular weight excluding hydrogens is 178 g/mol. The fourth-order valence-electron chi connectivity index (χ4n) is 0.870. The predicted molar refractivity (Wildman–Crippen MR) is 46.2 cm³/mol. The van der Waals surface area contributed by atoms with Crippen molar-refractivity contribution >= 4 is 17.7 Å². The summed E-state index contributed by atoms with van der Waals surface area (Å²) < 4.78 is 9.95. The number of thioether (sulfide) groups is 1. The van der Waals surface area contributed by atoms with Crippen molar-refractivity contribution in [1.82, 2.24) is 5.32 Å². The third kappa shape index (κ3) is 1.48. The number of carbonyl (C=O) groups is 1. The number of hydrogen-bond donors (Lipinski definition) is 1. The molecule has 1 rings (SSSR count). The van der Waals surface area contributed by atoms with Gasteiger partial charge in [0.05, 0.1) is 0 Å². The molecule has 0 fully saturated rings. The van der Waals surface area contributed by atoms with E-state index in [0.717, 1.165) is 5.70 Å². The average molecular weight is 189 g/mol. The molecule has 1 heterocycles. The van der Waals surface area contributed by atoms with Crippen LogP contribution in [0.2, 0.25) is 0 Å². The van der Waals surface area contributed by atoms with Gasteiger partial charge in [-0.25, -0.2) is 0 Å². The van der Waals surface area contributed by atoms with Crippen LogP contribution in [0.3, 0.4) is 0 Å². The minimum atomic E-state index is -1.21. The quantitative estimate of drug-likeness (QED) is 0.648. The summed E-state index contributed by atoms with van der Waals surface area (Å²) >= 11 is 1.21. The second-order valence-electron chi connectivity index (χ2n) is 2.34. The third-order valence-corrected chi connectivity index (χ3v) is 2.82. The van der Waals surface area contributed by atoms with Gasteiger partial charge in [-0.1, -0.05) is 11.8 Å². The zero-order chi connectivity index (χ0) is 9.19. The van der Waals surface area contributed by atoms with Gasteiger partial charge in [0.1, 0.15) is 0 Å². The molecule has 1 amide bonds. The molecule has 1 N–H and O–H groups in total. The van der Waals surface area contributed by atoms with Gasteiger partial charge in [0.25, 0.3) is 5.91 Å². The van der Waals surface area contributed by atoms with Gasteiger partial charge in [-0.15, -0.1) is 0 Å². The molecular formula is C7H11NO3S. The molecule has 5 heteroatoms. The van der Waals surface area contributed by atoms with Crippen LogP contribution in [0.4, 0.5) is 0 Å². The van der Waals surface area contributed by atoms with Crippen LogP contribution in [0.15, 0.2) is 11.1 Å². The van der Waals surface area contributed by atoms with Crippen LogP contribution in [0.25, 0.3) is 0 Å². The highest BCUT2D eigenvalue weighted by Crippen LogP contribution is 2.32. The van der Waals surface area contributed by atoms with E-state index in [9.17, 15) is 4.79 Å². The number of amides is 1. The van der Waals surface area contributed by atoms with Crippen LogP contribution in [0, 0.1) is 0 Å². The van der Waals surface area contributed by atoms with Crippen molar-refractivity contribution < 1.29 is 14.3 Å². The summed E-state index contributed by atoms with van der Waals surface area (Å²) in [5.74, 6) is -0.280. The largest absolute Gasteiger partial charge is 0.337 e. The first-order valence-electron chi connectivity index (χ1n) is 3.41. The van der Waals surface area contributed by atoms with E-state index in [0.29, 0.717) is 0 Å². The summed E-state index contributed by atoms with van der Waals surface area (Å²) in [6.45, 7) is 1.81. The fraction of sp³-hybridized carbons (Fsp3) is 0.571. The van der Waals surface area contributed by atoms with E-state index in [1.165, 1.54) is 26.0 Å². The Morgan fingerprint density at radius 3 is 2.50 bits per heavy atom. The molecule has 0 unspecified atom stereocenters. The standard InChI is InChI=1S/C7H11NO3S/c1-5-4-12-7(10-2,11-3)6(9)8-5/h4H,1-3H3,(H,8,9). The lowest BCUT2D eigenvalue weighted by molar-refractivity contribution is -0.170. The van der Waals surface area contributed by atoms with Gasteiger partial charge in [0.2, 0.25) is 0 Å². The predicted octanol–water partition coefficient (Wildman–Crippen LogP) is 0.657. The summed E-state index contributed by atoms with van der Waals surface area (Å²) in [7, 11) is 2.87. The summed E-state index contributed by atoms with van der Waals surface area (Å²) in [5, 5.41) is 3.20. The fourth-order valence-corrected chi connectivity index (χ4v) is 1.61. The molecule has 0 atom stereocenters. The molecule has 0 saturated heterocycles. The molecule has 0 aromatic carbocycles. The number of nitrogens with one attached hydrogen (secondary N) is 1. The number of rotatable bonds is 2. The van der Waals surface area contributed by atoms with Crippen molar-refractivity contribution in [2.24, 2.45) is 0 Å². The van der Waals surface area contributed by atoms with E-state index >= 15 is 0 Å². The van der Waals surface area contributed by atoms with Crippen LogP contribution in [-0.4, -0.2) is 25.2 Å². The van der Waals surface area contributed by atoms with Gasteiger partial charge >= 0.3 is 5.12 Å². The average Bonchev–Trinajstić information content (AvgIpc) is 2.06. The van der Waals surface area contributed by atoms with Crippen LogP contribution in [0.1, 0.15) is 6.92 Å². The van der Waals surface area contributed by atoms with Gasteiger partial charge in [-0.2, -0.15) is 0 Å².